The molecule has 1 N–H and O–H groups in total. The van der Waals surface area contributed by atoms with E-state index in [-0.39, 0.29) is 0 Å². The number of aromatic amines is 1. The van der Waals surface area contributed by atoms with Crippen LogP contribution < -0.4 is 0 Å². The molecule has 0 unspecified atom stereocenters. The van der Waals surface area contributed by atoms with Crippen LogP contribution in [0.2, 0.25) is 0 Å². The number of hydrogen-bond donors (Lipinski definition) is 1. The SMILES string of the molecule is Cc1ccccc1-c1noc(CN2CCC(c3cn[nH]c3)CC2)n1. The largest absolute Gasteiger partial charge is 0.338 e. The molecule has 0 bridgehead atoms. The Kier molecular flexibility index (Phi) is 4.13. The molecule has 0 saturated carbocycles. The van der Waals surface area contributed by atoms with Crippen molar-refractivity contribution >= 4 is 0 Å². The molecule has 24 heavy (non-hydrogen) atoms. The maximum atomic E-state index is 5.46. The number of hydrogen-bond acceptors (Lipinski definition) is 5. The van der Waals surface area contributed by atoms with Crippen LogP contribution in [0, 0.1) is 6.92 Å². The first kappa shape index (κ1) is 15.1. The number of H-pyrrole nitrogens is 1. The van der Waals surface area contributed by atoms with Crippen LogP contribution in [0.3, 0.4) is 0 Å². The summed E-state index contributed by atoms with van der Waals surface area (Å²) in [5, 5.41) is 11.1. The van der Waals surface area contributed by atoms with E-state index in [1.807, 2.05) is 30.6 Å². The maximum Gasteiger partial charge on any atom is 0.241 e. The molecule has 1 aliphatic heterocycles. The average molecular weight is 323 g/mol. The summed E-state index contributed by atoms with van der Waals surface area (Å²) in [6.07, 6.45) is 6.22. The van der Waals surface area contributed by atoms with Crippen LogP contribution in [-0.4, -0.2) is 38.3 Å². The van der Waals surface area contributed by atoms with Gasteiger partial charge in [-0.15, -0.1) is 0 Å². The Morgan fingerprint density at radius 3 is 2.83 bits per heavy atom. The summed E-state index contributed by atoms with van der Waals surface area (Å²) in [5.74, 6) is 1.97. The molecule has 124 valence electrons. The molecule has 0 aliphatic carbocycles. The number of nitrogens with zero attached hydrogens (tertiary/aromatic N) is 4. The second kappa shape index (κ2) is 6.57. The second-order valence-electron chi connectivity index (χ2n) is 6.41. The zero-order valence-corrected chi connectivity index (χ0v) is 13.8. The fourth-order valence-electron chi connectivity index (χ4n) is 3.35. The Labute approximate surface area is 140 Å². The number of aromatic nitrogens is 4. The standard InChI is InChI=1S/C18H21N5O/c1-13-4-2-3-5-16(13)18-21-17(24-22-18)12-23-8-6-14(7-9-23)15-10-19-20-11-15/h2-5,10-11,14H,6-9,12H2,1H3,(H,19,20). The number of nitrogens with one attached hydrogen (secondary N) is 1. The van der Waals surface area contributed by atoms with E-state index in [4.69, 9.17) is 4.52 Å². The van der Waals surface area contributed by atoms with Crippen LogP contribution in [0.25, 0.3) is 11.4 Å². The summed E-state index contributed by atoms with van der Waals surface area (Å²) in [4.78, 5) is 6.95. The highest BCUT2D eigenvalue weighted by atomic mass is 16.5. The van der Waals surface area contributed by atoms with Gasteiger partial charge in [0.15, 0.2) is 0 Å². The van der Waals surface area contributed by atoms with Crippen molar-refractivity contribution in [3.8, 4) is 11.4 Å². The van der Waals surface area contributed by atoms with Crippen LogP contribution in [0.15, 0.2) is 41.2 Å². The lowest BCUT2D eigenvalue weighted by molar-refractivity contribution is 0.181. The van der Waals surface area contributed by atoms with Gasteiger partial charge in [-0.1, -0.05) is 29.4 Å². The van der Waals surface area contributed by atoms with E-state index in [9.17, 15) is 0 Å². The van der Waals surface area contributed by atoms with E-state index in [1.54, 1.807) is 0 Å². The van der Waals surface area contributed by atoms with E-state index in [1.165, 1.54) is 5.56 Å². The van der Waals surface area contributed by atoms with E-state index < -0.39 is 0 Å². The topological polar surface area (TPSA) is 70.8 Å². The van der Waals surface area contributed by atoms with Gasteiger partial charge < -0.3 is 4.52 Å². The van der Waals surface area contributed by atoms with Gasteiger partial charge in [0, 0.05) is 11.8 Å². The first-order valence-electron chi connectivity index (χ1n) is 8.39. The van der Waals surface area contributed by atoms with Crippen molar-refractivity contribution in [3.05, 3.63) is 53.7 Å². The predicted octanol–water partition coefficient (Wildman–Crippen LogP) is 3.15. The van der Waals surface area contributed by atoms with Gasteiger partial charge in [0.25, 0.3) is 0 Å². The van der Waals surface area contributed by atoms with Crippen molar-refractivity contribution in [2.24, 2.45) is 0 Å². The van der Waals surface area contributed by atoms with Crippen molar-refractivity contribution in [2.45, 2.75) is 32.2 Å². The normalized spacial score (nSPS) is 16.5. The molecule has 1 fully saturated rings. The van der Waals surface area contributed by atoms with E-state index >= 15 is 0 Å². The van der Waals surface area contributed by atoms with Crippen molar-refractivity contribution in [2.75, 3.05) is 13.1 Å². The Morgan fingerprint density at radius 1 is 1.25 bits per heavy atom. The molecule has 3 heterocycles. The van der Waals surface area contributed by atoms with E-state index in [0.717, 1.165) is 43.6 Å². The van der Waals surface area contributed by atoms with Crippen molar-refractivity contribution in [1.29, 1.82) is 0 Å². The molecule has 1 aromatic carbocycles. The summed E-state index contributed by atoms with van der Waals surface area (Å²) in [6, 6.07) is 8.11. The lowest BCUT2D eigenvalue weighted by Gasteiger charge is -2.30. The molecule has 0 atom stereocenters. The minimum atomic E-state index is 0.602. The van der Waals surface area contributed by atoms with Crippen LogP contribution in [-0.2, 0) is 6.54 Å². The highest BCUT2D eigenvalue weighted by molar-refractivity contribution is 5.58. The third kappa shape index (κ3) is 3.10. The predicted molar refractivity (Wildman–Crippen MR) is 90.3 cm³/mol. The first-order chi connectivity index (χ1) is 11.8. The Morgan fingerprint density at radius 2 is 2.08 bits per heavy atom. The molecule has 4 rings (SSSR count). The number of piperidine rings is 1. The van der Waals surface area contributed by atoms with Gasteiger partial charge in [-0.2, -0.15) is 10.1 Å². The zero-order chi connectivity index (χ0) is 16.4. The number of aryl methyl sites for hydroxylation is 1. The molecule has 0 radical (unpaired) electrons. The van der Waals surface area contributed by atoms with Gasteiger partial charge in [0.05, 0.1) is 12.7 Å². The van der Waals surface area contributed by atoms with Crippen LogP contribution in [0.4, 0.5) is 0 Å². The second-order valence-corrected chi connectivity index (χ2v) is 6.41. The van der Waals surface area contributed by atoms with Gasteiger partial charge in [0.2, 0.25) is 11.7 Å². The summed E-state index contributed by atoms with van der Waals surface area (Å²) >= 11 is 0. The van der Waals surface area contributed by atoms with Crippen molar-refractivity contribution < 1.29 is 4.52 Å². The molecule has 3 aromatic rings. The maximum absolute atomic E-state index is 5.46. The fraction of sp³-hybridized carbons (Fsp3) is 0.389. The van der Waals surface area contributed by atoms with Gasteiger partial charge in [-0.25, -0.2) is 0 Å². The van der Waals surface area contributed by atoms with Crippen LogP contribution >= 0.6 is 0 Å². The van der Waals surface area contributed by atoms with Gasteiger partial charge in [-0.3, -0.25) is 10.00 Å². The van der Waals surface area contributed by atoms with Gasteiger partial charge >= 0.3 is 0 Å². The Bertz CT molecular complexity index is 787. The lowest BCUT2D eigenvalue weighted by Crippen LogP contribution is -2.32. The monoisotopic (exact) mass is 323 g/mol. The van der Waals surface area contributed by atoms with Crippen molar-refractivity contribution in [1.82, 2.24) is 25.2 Å². The first-order valence-corrected chi connectivity index (χ1v) is 8.39. The molecule has 0 amide bonds. The zero-order valence-electron chi connectivity index (χ0n) is 13.8. The number of rotatable bonds is 4. The molecule has 2 aromatic heterocycles. The van der Waals surface area contributed by atoms with Gasteiger partial charge in [-0.05, 0) is 49.9 Å². The Balaban J connectivity index is 1.38. The summed E-state index contributed by atoms with van der Waals surface area (Å²) in [6.45, 7) is 4.86. The smallest absolute Gasteiger partial charge is 0.241 e. The highest BCUT2D eigenvalue weighted by Gasteiger charge is 2.22. The van der Waals surface area contributed by atoms with Crippen molar-refractivity contribution in [3.63, 3.8) is 0 Å². The molecule has 1 saturated heterocycles. The molecule has 6 nitrogen and oxygen atoms in total. The molecule has 6 heteroatoms. The van der Waals surface area contributed by atoms with Crippen LogP contribution in [0.5, 0.6) is 0 Å². The fourth-order valence-corrected chi connectivity index (χ4v) is 3.35. The third-order valence-electron chi connectivity index (χ3n) is 4.79. The van der Waals surface area contributed by atoms with E-state index in [0.29, 0.717) is 17.6 Å². The number of benzene rings is 1. The summed E-state index contributed by atoms with van der Waals surface area (Å²) in [5.41, 5.74) is 3.51. The van der Waals surface area contributed by atoms with E-state index in [2.05, 4.69) is 38.2 Å². The molecular formula is C18H21N5O. The quantitative estimate of drug-likeness (QED) is 0.798. The Hall–Kier alpha value is -2.47. The van der Waals surface area contributed by atoms with Crippen LogP contribution in [0.1, 0.15) is 35.8 Å². The third-order valence-corrected chi connectivity index (χ3v) is 4.79. The molecule has 1 aliphatic rings. The molecule has 0 spiro atoms. The highest BCUT2D eigenvalue weighted by Crippen LogP contribution is 2.28. The molecular weight excluding hydrogens is 302 g/mol. The lowest BCUT2D eigenvalue weighted by atomic mass is 9.92. The van der Waals surface area contributed by atoms with Gasteiger partial charge in [0.1, 0.15) is 0 Å². The summed E-state index contributed by atoms with van der Waals surface area (Å²) in [7, 11) is 0. The minimum absolute atomic E-state index is 0.602. The number of likely N-dealkylation sites (tertiary alicyclic amines) is 1. The average Bonchev–Trinajstić information content (AvgIpc) is 3.28. The minimum Gasteiger partial charge on any atom is -0.338 e. The summed E-state index contributed by atoms with van der Waals surface area (Å²) < 4.78 is 5.46.